The highest BCUT2D eigenvalue weighted by Gasteiger charge is 2.28. The zero-order chi connectivity index (χ0) is 14.1. The van der Waals surface area contributed by atoms with E-state index >= 15 is 0 Å². The molecule has 0 radical (unpaired) electrons. The van der Waals surface area contributed by atoms with Crippen molar-refractivity contribution in [2.75, 3.05) is 19.6 Å². The van der Waals surface area contributed by atoms with Gasteiger partial charge in [0.15, 0.2) is 0 Å². The molecule has 0 amide bonds. The van der Waals surface area contributed by atoms with Crippen LogP contribution in [0.5, 0.6) is 0 Å². The number of aromatic nitrogens is 1. The molecule has 0 aromatic carbocycles. The van der Waals surface area contributed by atoms with Crippen LogP contribution in [0, 0.1) is 0 Å². The Hall–Kier alpha value is -1.59. The Labute approximate surface area is 124 Å². The van der Waals surface area contributed by atoms with Crippen LogP contribution in [0.1, 0.15) is 29.9 Å². The number of nitrogens with zero attached hydrogens (tertiary/aromatic N) is 3. The Bertz CT molecular complexity index is 570. The van der Waals surface area contributed by atoms with Crippen LogP contribution in [-0.4, -0.2) is 40.6 Å². The quantitative estimate of drug-likeness (QED) is 0.866. The molecule has 2 aromatic rings. The Morgan fingerprint density at radius 3 is 2.95 bits per heavy atom. The highest BCUT2D eigenvalue weighted by atomic mass is 16.5. The van der Waals surface area contributed by atoms with Crippen LogP contribution in [0.4, 0.5) is 0 Å². The zero-order valence-corrected chi connectivity index (χ0v) is 12.2. The van der Waals surface area contributed by atoms with Crippen molar-refractivity contribution >= 4 is 0 Å². The fourth-order valence-corrected chi connectivity index (χ4v) is 3.54. The molecule has 5 heteroatoms. The number of hydrogen-bond acceptors (Lipinski definition) is 5. The summed E-state index contributed by atoms with van der Waals surface area (Å²) in [6, 6.07) is 4.72. The Kier molecular flexibility index (Phi) is 3.53. The first-order chi connectivity index (χ1) is 10.4. The fraction of sp³-hybridized carbons (Fsp3) is 0.562. The van der Waals surface area contributed by atoms with Gasteiger partial charge in [-0.3, -0.25) is 9.80 Å². The van der Waals surface area contributed by atoms with E-state index in [4.69, 9.17) is 8.94 Å². The first-order valence-corrected chi connectivity index (χ1v) is 7.79. The number of likely N-dealkylation sites (tertiary alicyclic amines) is 1. The van der Waals surface area contributed by atoms with Crippen LogP contribution < -0.4 is 0 Å². The molecule has 0 atom stereocenters. The molecule has 0 aliphatic carbocycles. The van der Waals surface area contributed by atoms with Gasteiger partial charge in [-0.1, -0.05) is 5.16 Å². The smallest absolute Gasteiger partial charge is 0.128 e. The standard InChI is InChI=1S/C16H21N3O2/c1-2-15(20-9-1)11-18-6-3-14(4-7-18)19-8-5-16-13(10-19)12-21-17-16/h1-2,9,12,14H,3-8,10-11H2. The van der Waals surface area contributed by atoms with Gasteiger partial charge in [0, 0.05) is 44.2 Å². The van der Waals surface area contributed by atoms with Crippen molar-refractivity contribution in [3.63, 3.8) is 0 Å². The van der Waals surface area contributed by atoms with Crippen molar-refractivity contribution in [2.24, 2.45) is 0 Å². The maximum atomic E-state index is 5.44. The summed E-state index contributed by atoms with van der Waals surface area (Å²) < 4.78 is 10.5. The third-order valence-electron chi connectivity index (χ3n) is 4.77. The summed E-state index contributed by atoms with van der Waals surface area (Å²) in [5, 5.41) is 4.07. The normalized spacial score (nSPS) is 21.5. The maximum Gasteiger partial charge on any atom is 0.128 e. The number of fused-ring (bicyclic) bond motifs is 1. The summed E-state index contributed by atoms with van der Waals surface area (Å²) >= 11 is 0. The molecular formula is C16H21N3O2. The molecule has 112 valence electrons. The van der Waals surface area contributed by atoms with E-state index < -0.39 is 0 Å². The molecule has 21 heavy (non-hydrogen) atoms. The first-order valence-electron chi connectivity index (χ1n) is 7.79. The van der Waals surface area contributed by atoms with E-state index in [9.17, 15) is 0 Å². The van der Waals surface area contributed by atoms with Gasteiger partial charge in [-0.15, -0.1) is 0 Å². The lowest BCUT2D eigenvalue weighted by Crippen LogP contribution is -2.46. The van der Waals surface area contributed by atoms with Crippen molar-refractivity contribution in [3.8, 4) is 0 Å². The third-order valence-corrected chi connectivity index (χ3v) is 4.77. The summed E-state index contributed by atoms with van der Waals surface area (Å²) in [4.78, 5) is 5.09. The Morgan fingerprint density at radius 1 is 1.24 bits per heavy atom. The number of rotatable bonds is 3. The molecule has 0 saturated carbocycles. The van der Waals surface area contributed by atoms with Crippen molar-refractivity contribution in [1.82, 2.24) is 15.0 Å². The van der Waals surface area contributed by atoms with Crippen LogP contribution in [0.3, 0.4) is 0 Å². The molecule has 5 nitrogen and oxygen atoms in total. The molecule has 2 aliphatic heterocycles. The van der Waals surface area contributed by atoms with E-state index in [1.54, 1.807) is 6.26 Å². The minimum absolute atomic E-state index is 0.695. The molecule has 2 aromatic heterocycles. The van der Waals surface area contributed by atoms with Gasteiger partial charge in [0.05, 0.1) is 18.5 Å². The number of furan rings is 1. The van der Waals surface area contributed by atoms with Crippen LogP contribution in [-0.2, 0) is 19.5 Å². The summed E-state index contributed by atoms with van der Waals surface area (Å²) in [6.45, 7) is 5.36. The van der Waals surface area contributed by atoms with Gasteiger partial charge in [0.2, 0.25) is 0 Å². The van der Waals surface area contributed by atoms with Gasteiger partial charge in [0.1, 0.15) is 12.0 Å². The predicted octanol–water partition coefficient (Wildman–Crippen LogP) is 2.29. The monoisotopic (exact) mass is 287 g/mol. The molecule has 0 spiro atoms. The second-order valence-electron chi connectivity index (χ2n) is 6.09. The van der Waals surface area contributed by atoms with Crippen molar-refractivity contribution in [3.05, 3.63) is 41.7 Å². The van der Waals surface area contributed by atoms with E-state index in [1.807, 2.05) is 12.3 Å². The van der Waals surface area contributed by atoms with Crippen LogP contribution in [0.25, 0.3) is 0 Å². The van der Waals surface area contributed by atoms with E-state index in [0.717, 1.165) is 50.6 Å². The summed E-state index contributed by atoms with van der Waals surface area (Å²) in [5.41, 5.74) is 2.43. The van der Waals surface area contributed by atoms with E-state index in [1.165, 1.54) is 18.4 Å². The first kappa shape index (κ1) is 13.1. The van der Waals surface area contributed by atoms with Gasteiger partial charge in [-0.2, -0.15) is 0 Å². The van der Waals surface area contributed by atoms with Gasteiger partial charge < -0.3 is 8.94 Å². The van der Waals surface area contributed by atoms with Gasteiger partial charge in [0.25, 0.3) is 0 Å². The number of piperidine rings is 1. The summed E-state index contributed by atoms with van der Waals surface area (Å²) in [7, 11) is 0. The predicted molar refractivity (Wildman–Crippen MR) is 77.6 cm³/mol. The van der Waals surface area contributed by atoms with Crippen molar-refractivity contribution in [1.29, 1.82) is 0 Å². The summed E-state index contributed by atoms with van der Waals surface area (Å²) in [6.07, 6.45) is 7.07. The summed E-state index contributed by atoms with van der Waals surface area (Å²) in [5.74, 6) is 1.07. The highest BCUT2D eigenvalue weighted by molar-refractivity contribution is 5.17. The molecular weight excluding hydrogens is 266 g/mol. The van der Waals surface area contributed by atoms with Gasteiger partial charge >= 0.3 is 0 Å². The zero-order valence-electron chi connectivity index (χ0n) is 12.2. The van der Waals surface area contributed by atoms with Crippen LogP contribution in [0.2, 0.25) is 0 Å². The van der Waals surface area contributed by atoms with E-state index in [-0.39, 0.29) is 0 Å². The molecule has 0 N–H and O–H groups in total. The van der Waals surface area contributed by atoms with Crippen molar-refractivity contribution in [2.45, 2.75) is 38.4 Å². The second kappa shape index (κ2) is 5.66. The third kappa shape index (κ3) is 2.76. The highest BCUT2D eigenvalue weighted by Crippen LogP contribution is 2.24. The molecule has 1 fully saturated rings. The topological polar surface area (TPSA) is 45.7 Å². The minimum atomic E-state index is 0.695. The average Bonchev–Trinajstić information content (AvgIpc) is 3.18. The molecule has 0 unspecified atom stereocenters. The number of hydrogen-bond donors (Lipinski definition) is 0. The Balaban J connectivity index is 1.31. The van der Waals surface area contributed by atoms with E-state index in [2.05, 4.69) is 21.0 Å². The lowest BCUT2D eigenvalue weighted by Gasteiger charge is -2.39. The molecule has 4 heterocycles. The van der Waals surface area contributed by atoms with Gasteiger partial charge in [-0.05, 0) is 25.0 Å². The SMILES string of the molecule is c1coc(CN2CCC(N3CCc4nocc4C3)CC2)c1. The second-order valence-corrected chi connectivity index (χ2v) is 6.09. The molecule has 1 saturated heterocycles. The van der Waals surface area contributed by atoms with Gasteiger partial charge in [-0.25, -0.2) is 0 Å². The fourth-order valence-electron chi connectivity index (χ4n) is 3.54. The molecule has 2 aliphatic rings. The minimum Gasteiger partial charge on any atom is -0.468 e. The van der Waals surface area contributed by atoms with E-state index in [0.29, 0.717) is 6.04 Å². The maximum absolute atomic E-state index is 5.44. The molecule has 4 rings (SSSR count). The molecule has 0 bridgehead atoms. The van der Waals surface area contributed by atoms with Crippen LogP contribution >= 0.6 is 0 Å². The largest absolute Gasteiger partial charge is 0.468 e. The lowest BCUT2D eigenvalue weighted by molar-refractivity contribution is 0.0913. The van der Waals surface area contributed by atoms with Crippen molar-refractivity contribution < 1.29 is 8.94 Å². The lowest BCUT2D eigenvalue weighted by atomic mass is 9.99. The average molecular weight is 287 g/mol. The van der Waals surface area contributed by atoms with Crippen LogP contribution in [0.15, 0.2) is 33.6 Å². The Morgan fingerprint density at radius 2 is 2.14 bits per heavy atom.